The second-order valence-corrected chi connectivity index (χ2v) is 9.38. The van der Waals surface area contributed by atoms with Crippen LogP contribution in [-0.4, -0.2) is 70.9 Å². The third kappa shape index (κ3) is 4.86. The monoisotopic (exact) mass is 440 g/mol. The van der Waals surface area contributed by atoms with Gasteiger partial charge in [-0.05, 0) is 43.7 Å². The third-order valence-electron chi connectivity index (χ3n) is 6.22. The fourth-order valence-electron chi connectivity index (χ4n) is 4.68. The Morgan fingerprint density at radius 2 is 1.68 bits per heavy atom. The van der Waals surface area contributed by atoms with Crippen LogP contribution in [0.4, 0.5) is 4.79 Å². The Morgan fingerprint density at radius 1 is 1.00 bits per heavy atom. The standard InChI is InChI=1S/C24H29ClN4O2/c1-24(2)17-28(23(31)26-14-18-6-4-3-5-7-18)16-21-15-27(12-13-29(21)24)22(30)19-8-10-20(25)11-9-19/h3-11,21H,12-17H2,1-2H3,(H,26,31)/t21-/m0/s1. The van der Waals surface area contributed by atoms with Gasteiger partial charge in [0.1, 0.15) is 0 Å². The zero-order valence-corrected chi connectivity index (χ0v) is 18.8. The van der Waals surface area contributed by atoms with Crippen molar-refractivity contribution in [3.63, 3.8) is 0 Å². The molecule has 31 heavy (non-hydrogen) atoms. The van der Waals surface area contributed by atoms with E-state index >= 15 is 0 Å². The van der Waals surface area contributed by atoms with E-state index < -0.39 is 0 Å². The normalized spacial score (nSPS) is 20.8. The minimum Gasteiger partial charge on any atom is -0.336 e. The molecule has 1 N–H and O–H groups in total. The van der Waals surface area contributed by atoms with Crippen molar-refractivity contribution in [2.75, 3.05) is 32.7 Å². The lowest BCUT2D eigenvalue weighted by atomic mass is 9.92. The summed E-state index contributed by atoms with van der Waals surface area (Å²) in [5.74, 6) is 0.0137. The van der Waals surface area contributed by atoms with Gasteiger partial charge < -0.3 is 15.1 Å². The highest BCUT2D eigenvalue weighted by molar-refractivity contribution is 6.30. The summed E-state index contributed by atoms with van der Waals surface area (Å²) >= 11 is 5.96. The summed E-state index contributed by atoms with van der Waals surface area (Å²) in [6.45, 7) is 8.21. The van der Waals surface area contributed by atoms with Crippen molar-refractivity contribution in [1.82, 2.24) is 20.0 Å². The van der Waals surface area contributed by atoms with Crippen molar-refractivity contribution >= 4 is 23.5 Å². The van der Waals surface area contributed by atoms with Gasteiger partial charge in [0.15, 0.2) is 0 Å². The molecular weight excluding hydrogens is 412 g/mol. The summed E-state index contributed by atoms with van der Waals surface area (Å²) in [4.78, 5) is 32.1. The summed E-state index contributed by atoms with van der Waals surface area (Å²) in [5, 5.41) is 3.66. The molecule has 0 radical (unpaired) electrons. The highest BCUT2D eigenvalue weighted by Gasteiger charge is 2.44. The van der Waals surface area contributed by atoms with Crippen molar-refractivity contribution < 1.29 is 9.59 Å². The van der Waals surface area contributed by atoms with Crippen molar-refractivity contribution in [2.45, 2.75) is 32.0 Å². The lowest BCUT2D eigenvalue weighted by molar-refractivity contribution is -0.0467. The number of hydrogen-bond acceptors (Lipinski definition) is 3. The molecule has 6 nitrogen and oxygen atoms in total. The molecule has 7 heteroatoms. The predicted molar refractivity (Wildman–Crippen MR) is 122 cm³/mol. The Kier molecular flexibility index (Phi) is 6.21. The molecule has 2 heterocycles. The van der Waals surface area contributed by atoms with Gasteiger partial charge in [-0.15, -0.1) is 0 Å². The Morgan fingerprint density at radius 3 is 2.39 bits per heavy atom. The number of benzene rings is 2. The highest BCUT2D eigenvalue weighted by atomic mass is 35.5. The smallest absolute Gasteiger partial charge is 0.317 e. The highest BCUT2D eigenvalue weighted by Crippen LogP contribution is 2.29. The molecule has 2 aliphatic rings. The van der Waals surface area contributed by atoms with E-state index in [-0.39, 0.29) is 23.5 Å². The molecule has 2 saturated heterocycles. The zero-order valence-electron chi connectivity index (χ0n) is 18.1. The second-order valence-electron chi connectivity index (χ2n) is 8.94. The molecule has 4 rings (SSSR count). The van der Waals surface area contributed by atoms with E-state index in [1.54, 1.807) is 24.3 Å². The molecule has 164 valence electrons. The van der Waals surface area contributed by atoms with Crippen molar-refractivity contribution in [3.05, 3.63) is 70.7 Å². The van der Waals surface area contributed by atoms with Crippen LogP contribution in [0, 0.1) is 0 Å². The van der Waals surface area contributed by atoms with Gasteiger partial charge in [-0.3, -0.25) is 9.69 Å². The van der Waals surface area contributed by atoms with Crippen LogP contribution in [0.5, 0.6) is 0 Å². The van der Waals surface area contributed by atoms with Gasteiger partial charge >= 0.3 is 6.03 Å². The molecule has 2 aromatic rings. The fraction of sp³-hybridized carbons (Fsp3) is 0.417. The molecular formula is C24H29ClN4O2. The van der Waals surface area contributed by atoms with Crippen LogP contribution < -0.4 is 5.32 Å². The number of carbonyl (C=O) groups is 2. The summed E-state index contributed by atoms with van der Waals surface area (Å²) in [7, 11) is 0. The average molecular weight is 441 g/mol. The molecule has 0 aliphatic carbocycles. The van der Waals surface area contributed by atoms with Crippen LogP contribution in [0.3, 0.4) is 0 Å². The largest absolute Gasteiger partial charge is 0.336 e. The van der Waals surface area contributed by atoms with Crippen LogP contribution in [0.15, 0.2) is 54.6 Å². The Balaban J connectivity index is 1.42. The Labute approximate surface area is 188 Å². The molecule has 1 atom stereocenters. The molecule has 0 bridgehead atoms. The van der Waals surface area contributed by atoms with Gasteiger partial charge in [0, 0.05) is 61.4 Å². The minimum absolute atomic E-state index is 0.0137. The maximum atomic E-state index is 13.0. The van der Waals surface area contributed by atoms with Gasteiger partial charge in [-0.2, -0.15) is 0 Å². The van der Waals surface area contributed by atoms with Crippen LogP contribution in [0.25, 0.3) is 0 Å². The predicted octanol–water partition coefficient (Wildman–Crippen LogP) is 3.47. The quantitative estimate of drug-likeness (QED) is 0.795. The number of halogens is 1. The first-order valence-electron chi connectivity index (χ1n) is 10.7. The van der Waals surface area contributed by atoms with E-state index in [0.717, 1.165) is 12.1 Å². The summed E-state index contributed by atoms with van der Waals surface area (Å²) in [5.41, 5.74) is 1.57. The summed E-state index contributed by atoms with van der Waals surface area (Å²) in [6.07, 6.45) is 0. The number of rotatable bonds is 3. The zero-order chi connectivity index (χ0) is 22.0. The van der Waals surface area contributed by atoms with Crippen molar-refractivity contribution in [1.29, 1.82) is 0 Å². The van der Waals surface area contributed by atoms with E-state index in [1.165, 1.54) is 0 Å². The first kappa shape index (κ1) is 21.7. The van der Waals surface area contributed by atoms with Gasteiger partial charge in [0.2, 0.25) is 0 Å². The number of nitrogens with zero attached hydrogens (tertiary/aromatic N) is 3. The number of amides is 3. The second kappa shape index (κ2) is 8.89. The SMILES string of the molecule is CC1(C)CN(C(=O)NCc2ccccc2)C[C@@H]2CN(C(=O)c3ccc(Cl)cc3)CCN21. The number of hydrogen-bond donors (Lipinski definition) is 1. The first-order valence-corrected chi connectivity index (χ1v) is 11.1. The molecule has 0 unspecified atom stereocenters. The molecule has 0 saturated carbocycles. The van der Waals surface area contributed by atoms with Gasteiger partial charge in [0.25, 0.3) is 5.91 Å². The topological polar surface area (TPSA) is 55.9 Å². The molecule has 0 aromatic heterocycles. The molecule has 3 amide bonds. The van der Waals surface area contributed by atoms with Crippen LogP contribution in [0.1, 0.15) is 29.8 Å². The molecule has 0 spiro atoms. The van der Waals surface area contributed by atoms with Crippen LogP contribution in [0.2, 0.25) is 5.02 Å². The Hall–Kier alpha value is -2.57. The van der Waals surface area contributed by atoms with Gasteiger partial charge in [-0.25, -0.2) is 4.79 Å². The molecule has 2 fully saturated rings. The summed E-state index contributed by atoms with van der Waals surface area (Å²) in [6, 6.07) is 17.0. The minimum atomic E-state index is -0.150. The van der Waals surface area contributed by atoms with Crippen LogP contribution >= 0.6 is 11.6 Å². The van der Waals surface area contributed by atoms with E-state index in [1.807, 2.05) is 40.1 Å². The van der Waals surface area contributed by atoms with Gasteiger partial charge in [0.05, 0.1) is 0 Å². The first-order chi connectivity index (χ1) is 14.8. The van der Waals surface area contributed by atoms with Crippen molar-refractivity contribution in [2.24, 2.45) is 0 Å². The maximum Gasteiger partial charge on any atom is 0.317 e. The lowest BCUT2D eigenvalue weighted by Gasteiger charge is -2.55. The van der Waals surface area contributed by atoms with Crippen molar-refractivity contribution in [3.8, 4) is 0 Å². The third-order valence-corrected chi connectivity index (χ3v) is 6.47. The molecule has 2 aromatic carbocycles. The number of nitrogens with one attached hydrogen (secondary N) is 1. The van der Waals surface area contributed by atoms with Gasteiger partial charge in [-0.1, -0.05) is 41.9 Å². The summed E-state index contributed by atoms with van der Waals surface area (Å²) < 4.78 is 0. The van der Waals surface area contributed by atoms with E-state index in [0.29, 0.717) is 43.3 Å². The van der Waals surface area contributed by atoms with E-state index in [4.69, 9.17) is 11.6 Å². The lowest BCUT2D eigenvalue weighted by Crippen LogP contribution is -2.71. The fourth-order valence-corrected chi connectivity index (χ4v) is 4.81. The number of urea groups is 1. The average Bonchev–Trinajstić information content (AvgIpc) is 2.77. The number of piperazine rings is 2. The van der Waals surface area contributed by atoms with E-state index in [2.05, 4.69) is 24.1 Å². The molecule has 2 aliphatic heterocycles. The van der Waals surface area contributed by atoms with Crippen LogP contribution in [-0.2, 0) is 6.54 Å². The number of fused-ring (bicyclic) bond motifs is 1. The Bertz CT molecular complexity index is 932. The number of carbonyl (C=O) groups excluding carboxylic acids is 2. The van der Waals surface area contributed by atoms with E-state index in [9.17, 15) is 9.59 Å². The maximum absolute atomic E-state index is 13.0.